The number of hydrogen-bond acceptors (Lipinski definition) is 5. The number of amides is 1. The van der Waals surface area contributed by atoms with Gasteiger partial charge in [0.25, 0.3) is 5.91 Å². The van der Waals surface area contributed by atoms with Crippen molar-refractivity contribution in [1.82, 2.24) is 0 Å². The monoisotopic (exact) mass is 307 g/mol. The Balaban J connectivity index is 2.19. The first-order valence-corrected chi connectivity index (χ1v) is 7.38. The van der Waals surface area contributed by atoms with Crippen LogP contribution in [0.2, 0.25) is 0 Å². The van der Waals surface area contributed by atoms with Crippen LogP contribution in [0.4, 0.5) is 0 Å². The van der Waals surface area contributed by atoms with Crippen molar-refractivity contribution in [3.8, 4) is 5.75 Å². The molecule has 0 saturated heterocycles. The summed E-state index contributed by atoms with van der Waals surface area (Å²) in [6.07, 6.45) is -1.44. The van der Waals surface area contributed by atoms with E-state index in [1.165, 1.54) is 36.4 Å². The molecule has 2 aromatic carbocycles. The Hall–Kier alpha value is -2.38. The van der Waals surface area contributed by atoms with Gasteiger partial charge in [-0.3, -0.25) is 4.79 Å². The molecule has 0 aliphatic carbocycles. The molecule has 0 saturated carbocycles. The van der Waals surface area contributed by atoms with Gasteiger partial charge in [0.2, 0.25) is 0 Å². The lowest BCUT2D eigenvalue weighted by Crippen LogP contribution is -2.20. The van der Waals surface area contributed by atoms with Gasteiger partial charge in [-0.1, -0.05) is 30.3 Å². The largest absolute Gasteiger partial charge is 0.379 e. The van der Waals surface area contributed by atoms with Gasteiger partial charge in [0.1, 0.15) is 10.6 Å². The molecule has 110 valence electrons. The Labute approximate surface area is 121 Å². The van der Waals surface area contributed by atoms with Gasteiger partial charge in [-0.2, -0.15) is 8.42 Å². The molecule has 0 spiro atoms. The van der Waals surface area contributed by atoms with Crippen LogP contribution < -0.4 is 9.92 Å². The summed E-state index contributed by atoms with van der Waals surface area (Å²) in [4.78, 5) is 10.9. The van der Waals surface area contributed by atoms with E-state index in [0.29, 0.717) is 0 Å². The van der Waals surface area contributed by atoms with Crippen molar-refractivity contribution in [3.05, 3.63) is 60.2 Å². The van der Waals surface area contributed by atoms with Crippen molar-refractivity contribution < 1.29 is 22.5 Å². The molecule has 1 atom stereocenters. The average molecular weight is 307 g/mol. The van der Waals surface area contributed by atoms with Gasteiger partial charge in [-0.05, 0) is 29.8 Å². The number of benzene rings is 2. The summed E-state index contributed by atoms with van der Waals surface area (Å²) < 4.78 is 28.9. The summed E-state index contributed by atoms with van der Waals surface area (Å²) in [6.45, 7) is 0. The maximum Gasteiger partial charge on any atom is 0.339 e. The maximum absolute atomic E-state index is 12.0. The Kier molecular flexibility index (Phi) is 4.25. The van der Waals surface area contributed by atoms with Crippen molar-refractivity contribution in [1.29, 1.82) is 0 Å². The minimum absolute atomic E-state index is 0.0336. The molecule has 0 fully saturated rings. The molecule has 0 aliphatic rings. The van der Waals surface area contributed by atoms with E-state index in [9.17, 15) is 18.3 Å². The molecule has 3 N–H and O–H groups in total. The highest BCUT2D eigenvalue weighted by Gasteiger charge is 2.17. The molecule has 21 heavy (non-hydrogen) atoms. The normalized spacial score (nSPS) is 12.6. The van der Waals surface area contributed by atoms with Crippen molar-refractivity contribution in [3.63, 3.8) is 0 Å². The van der Waals surface area contributed by atoms with Gasteiger partial charge in [0.05, 0.1) is 0 Å². The van der Waals surface area contributed by atoms with Crippen LogP contribution >= 0.6 is 0 Å². The third-order valence-corrected chi connectivity index (χ3v) is 3.96. The summed E-state index contributed by atoms with van der Waals surface area (Å²) in [5.41, 5.74) is 5.22. The Morgan fingerprint density at radius 2 is 1.62 bits per heavy atom. The van der Waals surface area contributed by atoms with Crippen LogP contribution in [0.5, 0.6) is 5.75 Å². The Morgan fingerprint density at radius 3 is 2.14 bits per heavy atom. The van der Waals surface area contributed by atoms with Gasteiger partial charge >= 0.3 is 10.1 Å². The molecule has 7 heteroatoms. The molecule has 0 heterocycles. The third kappa shape index (κ3) is 3.59. The fraction of sp³-hybridized carbons (Fsp3) is 0.0714. The highest BCUT2D eigenvalue weighted by atomic mass is 32.2. The molecular weight excluding hydrogens is 294 g/mol. The van der Waals surface area contributed by atoms with Crippen LogP contribution in [0, 0.1) is 0 Å². The SMILES string of the molecule is NC(=O)C(O)c1ccc(OS(=O)(=O)c2ccccc2)cc1. The lowest BCUT2D eigenvalue weighted by molar-refractivity contribution is -0.126. The van der Waals surface area contributed by atoms with Crippen molar-refractivity contribution >= 4 is 16.0 Å². The second kappa shape index (κ2) is 5.94. The van der Waals surface area contributed by atoms with Crippen molar-refractivity contribution in [2.75, 3.05) is 0 Å². The number of hydrogen-bond donors (Lipinski definition) is 2. The number of rotatable bonds is 5. The summed E-state index contributed by atoms with van der Waals surface area (Å²) in [5.74, 6) is -0.820. The molecule has 0 radical (unpaired) electrons. The molecule has 0 aliphatic heterocycles. The van der Waals surface area contributed by atoms with E-state index < -0.39 is 22.1 Å². The van der Waals surface area contributed by atoms with Crippen LogP contribution in [0.25, 0.3) is 0 Å². The molecule has 0 aromatic heterocycles. The second-order valence-corrected chi connectivity index (χ2v) is 5.77. The Bertz CT molecular complexity index is 726. The first kappa shape index (κ1) is 15.0. The smallest absolute Gasteiger partial charge is 0.339 e. The lowest BCUT2D eigenvalue weighted by Gasteiger charge is -2.09. The maximum atomic E-state index is 12.0. The lowest BCUT2D eigenvalue weighted by atomic mass is 10.1. The summed E-state index contributed by atoms with van der Waals surface area (Å²) in [5, 5.41) is 9.47. The number of aliphatic hydroxyl groups is 1. The number of carbonyl (C=O) groups is 1. The second-order valence-electron chi connectivity index (χ2n) is 4.22. The third-order valence-electron chi connectivity index (χ3n) is 2.70. The fourth-order valence-corrected chi connectivity index (χ4v) is 2.58. The van der Waals surface area contributed by atoms with Gasteiger partial charge in [0.15, 0.2) is 6.10 Å². The quantitative estimate of drug-likeness (QED) is 0.801. The van der Waals surface area contributed by atoms with Crippen molar-refractivity contribution in [2.45, 2.75) is 11.0 Å². The number of primary amides is 1. The Morgan fingerprint density at radius 1 is 1.05 bits per heavy atom. The zero-order valence-corrected chi connectivity index (χ0v) is 11.7. The number of carbonyl (C=O) groups excluding carboxylic acids is 1. The molecule has 2 rings (SSSR count). The summed E-state index contributed by atoms with van der Waals surface area (Å²) >= 11 is 0. The van der Waals surface area contributed by atoms with E-state index in [1.807, 2.05) is 0 Å². The van der Waals surface area contributed by atoms with Crippen molar-refractivity contribution in [2.24, 2.45) is 5.73 Å². The highest BCUT2D eigenvalue weighted by Crippen LogP contribution is 2.21. The highest BCUT2D eigenvalue weighted by molar-refractivity contribution is 7.87. The van der Waals surface area contributed by atoms with Crippen LogP contribution in [-0.2, 0) is 14.9 Å². The average Bonchev–Trinajstić information content (AvgIpc) is 2.48. The fourth-order valence-electron chi connectivity index (χ4n) is 1.63. The van der Waals surface area contributed by atoms with Gasteiger partial charge in [-0.25, -0.2) is 0 Å². The minimum atomic E-state index is -3.92. The molecule has 2 aromatic rings. The van der Waals surface area contributed by atoms with Crippen LogP contribution in [-0.4, -0.2) is 19.4 Å². The van der Waals surface area contributed by atoms with Gasteiger partial charge in [-0.15, -0.1) is 0 Å². The van der Waals surface area contributed by atoms with E-state index in [0.717, 1.165) is 0 Å². The molecule has 6 nitrogen and oxygen atoms in total. The molecular formula is C14H13NO5S. The van der Waals surface area contributed by atoms with Crippen LogP contribution in [0.15, 0.2) is 59.5 Å². The summed E-state index contributed by atoms with van der Waals surface area (Å²) in [6, 6.07) is 13.1. The molecule has 0 bridgehead atoms. The first-order chi connectivity index (χ1) is 9.90. The van der Waals surface area contributed by atoms with Crippen LogP contribution in [0.3, 0.4) is 0 Å². The standard InChI is InChI=1S/C14H13NO5S/c15-14(17)13(16)10-6-8-11(9-7-10)20-21(18,19)12-4-2-1-3-5-12/h1-9,13,16H,(H2,15,17). The van der Waals surface area contributed by atoms with E-state index in [-0.39, 0.29) is 16.2 Å². The van der Waals surface area contributed by atoms with Crippen LogP contribution in [0.1, 0.15) is 11.7 Å². The number of aliphatic hydroxyl groups excluding tert-OH is 1. The molecule has 1 amide bonds. The van der Waals surface area contributed by atoms with E-state index >= 15 is 0 Å². The predicted octanol–water partition coefficient (Wildman–Crippen LogP) is 0.973. The van der Waals surface area contributed by atoms with Gasteiger partial charge < -0.3 is 15.0 Å². The minimum Gasteiger partial charge on any atom is -0.379 e. The zero-order valence-electron chi connectivity index (χ0n) is 10.8. The molecule has 1 unspecified atom stereocenters. The van der Waals surface area contributed by atoms with E-state index in [2.05, 4.69) is 0 Å². The van der Waals surface area contributed by atoms with E-state index in [1.54, 1.807) is 18.2 Å². The zero-order chi connectivity index (χ0) is 15.5. The number of nitrogens with two attached hydrogens (primary N) is 1. The summed E-state index contributed by atoms with van der Waals surface area (Å²) in [7, 11) is -3.92. The first-order valence-electron chi connectivity index (χ1n) is 5.97. The topological polar surface area (TPSA) is 107 Å². The van der Waals surface area contributed by atoms with E-state index in [4.69, 9.17) is 9.92 Å². The predicted molar refractivity (Wildman–Crippen MR) is 74.9 cm³/mol. The van der Waals surface area contributed by atoms with Gasteiger partial charge in [0, 0.05) is 0 Å².